The predicted molar refractivity (Wildman–Crippen MR) is 78.0 cm³/mol. The number of hydrogen-bond donors (Lipinski definition) is 1. The van der Waals surface area contributed by atoms with Gasteiger partial charge in [-0.3, -0.25) is 0 Å². The molecule has 2 N–H and O–H groups in total. The van der Waals surface area contributed by atoms with E-state index in [9.17, 15) is 0 Å². The smallest absolute Gasteiger partial charge is 0.127 e. The second kappa shape index (κ2) is 6.30. The Bertz CT molecular complexity index is 566. The summed E-state index contributed by atoms with van der Waals surface area (Å²) in [5.41, 5.74) is 8.17. The SMILES string of the molecule is [CH2]Oc1ccc(C(N)c2ccc(OC)cc2OC)cc1. The Kier molecular flexibility index (Phi) is 4.48. The minimum absolute atomic E-state index is 0.283. The standard InChI is InChI=1S/C16H18NO3/c1-18-12-6-4-11(5-7-12)16(17)14-9-8-13(19-2)10-15(14)20-3/h4-10,16H,1,17H2,2-3H3. The van der Waals surface area contributed by atoms with E-state index in [1.807, 2.05) is 42.5 Å². The molecule has 1 radical (unpaired) electrons. The van der Waals surface area contributed by atoms with E-state index in [1.165, 1.54) is 0 Å². The molecule has 1 unspecified atom stereocenters. The molecule has 0 aromatic heterocycles. The summed E-state index contributed by atoms with van der Waals surface area (Å²) in [6, 6.07) is 12.8. The molecule has 0 aliphatic heterocycles. The van der Waals surface area contributed by atoms with Crippen LogP contribution in [-0.2, 0) is 0 Å². The molecule has 2 rings (SSSR count). The summed E-state index contributed by atoms with van der Waals surface area (Å²) in [6.45, 7) is 0. The lowest BCUT2D eigenvalue weighted by Crippen LogP contribution is -2.13. The van der Waals surface area contributed by atoms with Gasteiger partial charge in [0.15, 0.2) is 0 Å². The minimum atomic E-state index is -0.283. The van der Waals surface area contributed by atoms with Crippen LogP contribution in [0.15, 0.2) is 42.5 Å². The number of nitrogens with two attached hydrogens (primary N) is 1. The van der Waals surface area contributed by atoms with Gasteiger partial charge in [0.25, 0.3) is 0 Å². The van der Waals surface area contributed by atoms with Gasteiger partial charge in [0.2, 0.25) is 0 Å². The van der Waals surface area contributed by atoms with Crippen LogP contribution in [0.3, 0.4) is 0 Å². The highest BCUT2D eigenvalue weighted by Crippen LogP contribution is 2.32. The van der Waals surface area contributed by atoms with Crippen molar-refractivity contribution in [2.75, 3.05) is 14.2 Å². The van der Waals surface area contributed by atoms with Crippen molar-refractivity contribution < 1.29 is 14.2 Å². The molecule has 0 saturated heterocycles. The molecule has 0 fully saturated rings. The van der Waals surface area contributed by atoms with E-state index in [0.29, 0.717) is 11.5 Å². The van der Waals surface area contributed by atoms with E-state index in [2.05, 4.69) is 7.11 Å². The highest BCUT2D eigenvalue weighted by atomic mass is 16.5. The van der Waals surface area contributed by atoms with Crippen LogP contribution in [0.4, 0.5) is 0 Å². The van der Waals surface area contributed by atoms with Crippen molar-refractivity contribution in [3.63, 3.8) is 0 Å². The first-order valence-electron chi connectivity index (χ1n) is 6.19. The summed E-state index contributed by atoms with van der Waals surface area (Å²) in [4.78, 5) is 0. The molecular formula is C16H18NO3. The van der Waals surface area contributed by atoms with Crippen LogP contribution in [-0.4, -0.2) is 14.2 Å². The van der Waals surface area contributed by atoms with Crippen LogP contribution < -0.4 is 19.9 Å². The predicted octanol–water partition coefficient (Wildman–Crippen LogP) is 2.92. The minimum Gasteiger partial charge on any atom is -0.497 e. The molecule has 0 aliphatic carbocycles. The third-order valence-electron chi connectivity index (χ3n) is 3.18. The summed E-state index contributed by atoms with van der Waals surface area (Å²) < 4.78 is 15.5. The quantitative estimate of drug-likeness (QED) is 0.909. The van der Waals surface area contributed by atoms with Gasteiger partial charge in [0.05, 0.1) is 20.3 Å². The van der Waals surface area contributed by atoms with Gasteiger partial charge < -0.3 is 19.9 Å². The third-order valence-corrected chi connectivity index (χ3v) is 3.18. The molecule has 0 saturated carbocycles. The molecule has 0 heterocycles. The maximum atomic E-state index is 6.30. The Labute approximate surface area is 119 Å². The first kappa shape index (κ1) is 14.2. The molecule has 1 atom stereocenters. The second-order valence-electron chi connectivity index (χ2n) is 4.30. The van der Waals surface area contributed by atoms with Crippen molar-refractivity contribution >= 4 is 0 Å². The Hall–Kier alpha value is -2.20. The van der Waals surface area contributed by atoms with Crippen molar-refractivity contribution in [3.05, 3.63) is 60.7 Å². The average molecular weight is 272 g/mol. The molecule has 4 heteroatoms. The zero-order valence-corrected chi connectivity index (χ0v) is 11.6. The maximum absolute atomic E-state index is 6.30. The van der Waals surface area contributed by atoms with Crippen LogP contribution >= 0.6 is 0 Å². The molecule has 4 nitrogen and oxygen atoms in total. The van der Waals surface area contributed by atoms with Crippen LogP contribution in [0.2, 0.25) is 0 Å². The van der Waals surface area contributed by atoms with E-state index in [0.717, 1.165) is 16.9 Å². The molecule has 0 aliphatic rings. The van der Waals surface area contributed by atoms with E-state index < -0.39 is 0 Å². The van der Waals surface area contributed by atoms with Gasteiger partial charge in [-0.2, -0.15) is 0 Å². The molecule has 0 amide bonds. The van der Waals surface area contributed by atoms with Crippen molar-refractivity contribution in [3.8, 4) is 17.2 Å². The summed E-state index contributed by atoms with van der Waals surface area (Å²) in [7, 11) is 6.60. The van der Waals surface area contributed by atoms with E-state index in [1.54, 1.807) is 14.2 Å². The van der Waals surface area contributed by atoms with E-state index >= 15 is 0 Å². The van der Waals surface area contributed by atoms with Crippen LogP contribution in [0.25, 0.3) is 0 Å². The molecule has 20 heavy (non-hydrogen) atoms. The van der Waals surface area contributed by atoms with Gasteiger partial charge in [-0.1, -0.05) is 12.1 Å². The Morgan fingerprint density at radius 3 is 2.15 bits per heavy atom. The Balaban J connectivity index is 2.33. The third kappa shape index (κ3) is 2.86. The van der Waals surface area contributed by atoms with Crippen LogP contribution in [0.1, 0.15) is 17.2 Å². The number of benzene rings is 2. The van der Waals surface area contributed by atoms with Crippen molar-refractivity contribution in [1.29, 1.82) is 0 Å². The zero-order valence-electron chi connectivity index (χ0n) is 11.6. The number of rotatable bonds is 5. The molecule has 0 bridgehead atoms. The summed E-state index contributed by atoms with van der Waals surface area (Å²) in [5, 5.41) is 0. The van der Waals surface area contributed by atoms with Crippen LogP contribution in [0.5, 0.6) is 17.2 Å². The van der Waals surface area contributed by atoms with Crippen molar-refractivity contribution in [1.82, 2.24) is 0 Å². The fourth-order valence-corrected chi connectivity index (χ4v) is 2.03. The van der Waals surface area contributed by atoms with Gasteiger partial charge in [-0.15, -0.1) is 0 Å². The first-order chi connectivity index (χ1) is 9.69. The lowest BCUT2D eigenvalue weighted by Gasteiger charge is -2.17. The van der Waals surface area contributed by atoms with Gasteiger partial charge in [0, 0.05) is 11.6 Å². The fraction of sp³-hybridized carbons (Fsp3) is 0.188. The largest absolute Gasteiger partial charge is 0.497 e. The Morgan fingerprint density at radius 2 is 1.60 bits per heavy atom. The van der Waals surface area contributed by atoms with Gasteiger partial charge in [0.1, 0.15) is 24.4 Å². The average Bonchev–Trinajstić information content (AvgIpc) is 2.53. The molecule has 105 valence electrons. The van der Waals surface area contributed by atoms with Crippen LogP contribution in [0, 0.1) is 7.11 Å². The lowest BCUT2D eigenvalue weighted by molar-refractivity contribution is 0.390. The summed E-state index contributed by atoms with van der Waals surface area (Å²) >= 11 is 0. The first-order valence-corrected chi connectivity index (χ1v) is 6.19. The van der Waals surface area contributed by atoms with Crippen molar-refractivity contribution in [2.24, 2.45) is 5.73 Å². The molecule has 0 spiro atoms. The van der Waals surface area contributed by atoms with E-state index in [4.69, 9.17) is 19.9 Å². The fourth-order valence-electron chi connectivity index (χ4n) is 2.03. The Morgan fingerprint density at radius 1 is 0.950 bits per heavy atom. The highest BCUT2D eigenvalue weighted by Gasteiger charge is 2.15. The zero-order chi connectivity index (χ0) is 14.5. The van der Waals surface area contributed by atoms with Crippen molar-refractivity contribution in [2.45, 2.75) is 6.04 Å². The molecule has 2 aromatic rings. The summed E-state index contributed by atoms with van der Waals surface area (Å²) in [6.07, 6.45) is 0. The lowest BCUT2D eigenvalue weighted by atomic mass is 9.98. The van der Waals surface area contributed by atoms with Gasteiger partial charge in [-0.25, -0.2) is 0 Å². The topological polar surface area (TPSA) is 53.7 Å². The monoisotopic (exact) mass is 272 g/mol. The maximum Gasteiger partial charge on any atom is 0.127 e. The number of hydrogen-bond acceptors (Lipinski definition) is 4. The normalized spacial score (nSPS) is 11.8. The molecular weight excluding hydrogens is 254 g/mol. The summed E-state index contributed by atoms with van der Waals surface area (Å²) in [5.74, 6) is 2.13. The van der Waals surface area contributed by atoms with E-state index in [-0.39, 0.29) is 6.04 Å². The van der Waals surface area contributed by atoms with Gasteiger partial charge in [-0.05, 0) is 29.8 Å². The molecule has 2 aromatic carbocycles. The number of ether oxygens (including phenoxy) is 3. The van der Waals surface area contributed by atoms with Gasteiger partial charge >= 0.3 is 0 Å². The number of methoxy groups -OCH3 is 2. The highest BCUT2D eigenvalue weighted by molar-refractivity contribution is 5.46. The second-order valence-corrected chi connectivity index (χ2v) is 4.30.